The van der Waals surface area contributed by atoms with Crippen LogP contribution in [0.4, 0.5) is 0 Å². The molecule has 1 atom stereocenters. The van der Waals surface area contributed by atoms with Crippen LogP contribution in [0.5, 0.6) is 0 Å². The summed E-state index contributed by atoms with van der Waals surface area (Å²) in [6.45, 7) is 0. The normalized spacial score (nSPS) is 22.2. The van der Waals surface area contributed by atoms with Crippen molar-refractivity contribution < 1.29 is 14.7 Å². The van der Waals surface area contributed by atoms with Crippen LogP contribution >= 0.6 is 50.3 Å². The van der Waals surface area contributed by atoms with Crippen molar-refractivity contribution in [3.05, 3.63) is 31.8 Å². The lowest BCUT2D eigenvalue weighted by Crippen LogP contribution is -2.54. The highest BCUT2D eigenvalue weighted by atomic mass is 127. The number of nitrogens with one attached hydrogen (secondary N) is 1. The maximum atomic E-state index is 12.3. The molecule has 0 saturated carbocycles. The highest BCUT2D eigenvalue weighted by Crippen LogP contribution is 2.29. The molecule has 0 radical (unpaired) electrons. The van der Waals surface area contributed by atoms with Crippen molar-refractivity contribution in [2.75, 3.05) is 11.5 Å². The summed E-state index contributed by atoms with van der Waals surface area (Å²) in [6.07, 6.45) is 0.459. The average Bonchev–Trinajstić information content (AvgIpc) is 2.82. The van der Waals surface area contributed by atoms with Crippen LogP contribution in [0.25, 0.3) is 0 Å². The van der Waals surface area contributed by atoms with E-state index in [-0.39, 0.29) is 5.91 Å². The third-order valence-electron chi connectivity index (χ3n) is 2.96. The third kappa shape index (κ3) is 3.25. The number of carbonyl (C=O) groups is 2. The molecule has 0 aromatic heterocycles. The van der Waals surface area contributed by atoms with Gasteiger partial charge in [-0.3, -0.25) is 4.79 Å². The van der Waals surface area contributed by atoms with Crippen molar-refractivity contribution in [3.63, 3.8) is 0 Å². The van der Waals surface area contributed by atoms with Gasteiger partial charge in [-0.05, 0) is 68.9 Å². The van der Waals surface area contributed by atoms with E-state index < -0.39 is 11.5 Å². The highest BCUT2D eigenvalue weighted by Gasteiger charge is 2.43. The lowest BCUT2D eigenvalue weighted by molar-refractivity contribution is -0.143. The van der Waals surface area contributed by atoms with Gasteiger partial charge in [0.2, 0.25) is 0 Å². The molecule has 1 aromatic rings. The molecule has 1 amide bonds. The van der Waals surface area contributed by atoms with E-state index in [4.69, 9.17) is 0 Å². The molecule has 1 heterocycles. The quantitative estimate of drug-likeness (QED) is 0.688. The molecule has 2 rings (SSSR count). The molecule has 4 nitrogen and oxygen atoms in total. The number of carbonyl (C=O) groups excluding carboxylic acids is 1. The molecular formula is C12H11BrINO3S. The predicted octanol–water partition coefficient (Wildman–Crippen LogP) is 2.74. The van der Waals surface area contributed by atoms with Crippen molar-refractivity contribution in [1.29, 1.82) is 0 Å². The second kappa shape index (κ2) is 6.01. The Morgan fingerprint density at radius 1 is 1.47 bits per heavy atom. The zero-order valence-electron chi connectivity index (χ0n) is 9.78. The molecule has 1 aromatic carbocycles. The zero-order valence-corrected chi connectivity index (χ0v) is 14.3. The number of carboxylic acids is 1. The van der Waals surface area contributed by atoms with Crippen LogP contribution in [-0.2, 0) is 4.79 Å². The van der Waals surface area contributed by atoms with Crippen LogP contribution in [0.2, 0.25) is 0 Å². The fourth-order valence-electron chi connectivity index (χ4n) is 1.84. The van der Waals surface area contributed by atoms with E-state index >= 15 is 0 Å². The van der Waals surface area contributed by atoms with E-state index in [0.717, 1.165) is 9.32 Å². The first-order valence-corrected chi connectivity index (χ1v) is 8.56. The molecule has 0 spiro atoms. The van der Waals surface area contributed by atoms with E-state index in [2.05, 4.69) is 43.8 Å². The minimum Gasteiger partial charge on any atom is -0.479 e. The second-order valence-corrected chi connectivity index (χ2v) is 7.47. The van der Waals surface area contributed by atoms with Gasteiger partial charge < -0.3 is 10.4 Å². The van der Waals surface area contributed by atoms with Crippen LogP contribution in [-0.4, -0.2) is 34.0 Å². The minimum atomic E-state index is -1.14. The van der Waals surface area contributed by atoms with Gasteiger partial charge in [-0.15, -0.1) is 0 Å². The number of rotatable bonds is 3. The van der Waals surface area contributed by atoms with E-state index in [1.807, 2.05) is 6.07 Å². The standard InChI is InChI=1S/C12H11BrINO3S/c13-9-2-1-7(14)5-8(9)10(16)15-12(11(17)18)3-4-19-6-12/h1-2,5H,3-4,6H2,(H,15,16)(H,17,18). The number of carboxylic acid groups (broad SMARTS) is 1. The zero-order chi connectivity index (χ0) is 14.0. The van der Waals surface area contributed by atoms with Crippen LogP contribution in [0.15, 0.2) is 22.7 Å². The van der Waals surface area contributed by atoms with Gasteiger partial charge in [-0.2, -0.15) is 11.8 Å². The topological polar surface area (TPSA) is 66.4 Å². The summed E-state index contributed by atoms with van der Waals surface area (Å²) in [7, 11) is 0. The molecule has 7 heteroatoms. The van der Waals surface area contributed by atoms with Gasteiger partial charge in [-0.25, -0.2) is 4.79 Å². The maximum Gasteiger partial charge on any atom is 0.330 e. The molecular weight excluding hydrogens is 445 g/mol. The number of aliphatic carboxylic acids is 1. The monoisotopic (exact) mass is 455 g/mol. The van der Waals surface area contributed by atoms with E-state index in [1.165, 1.54) is 0 Å². The largest absolute Gasteiger partial charge is 0.479 e. The molecule has 2 N–H and O–H groups in total. The molecule has 1 aliphatic heterocycles. The number of benzene rings is 1. The van der Waals surface area contributed by atoms with Crippen LogP contribution in [0.3, 0.4) is 0 Å². The molecule has 1 aliphatic rings. The summed E-state index contributed by atoms with van der Waals surface area (Å²) < 4.78 is 1.59. The summed E-state index contributed by atoms with van der Waals surface area (Å²) in [5.41, 5.74) is -0.674. The Balaban J connectivity index is 2.25. The van der Waals surface area contributed by atoms with Crippen molar-refractivity contribution in [2.45, 2.75) is 12.0 Å². The molecule has 1 fully saturated rings. The Hall–Kier alpha value is -0.280. The lowest BCUT2D eigenvalue weighted by Gasteiger charge is -2.24. The Morgan fingerprint density at radius 3 is 2.79 bits per heavy atom. The second-order valence-electron chi connectivity index (χ2n) is 4.27. The summed E-state index contributed by atoms with van der Waals surface area (Å²) in [5, 5.41) is 12.0. The van der Waals surface area contributed by atoms with E-state index in [1.54, 1.807) is 23.9 Å². The summed E-state index contributed by atoms with van der Waals surface area (Å²) in [5.74, 6) is -0.154. The number of halogens is 2. The molecule has 102 valence electrons. The van der Waals surface area contributed by atoms with Gasteiger partial charge in [0.25, 0.3) is 5.91 Å². The number of hydrogen-bond donors (Lipinski definition) is 2. The fourth-order valence-corrected chi connectivity index (χ4v) is 4.09. The van der Waals surface area contributed by atoms with Gasteiger partial charge in [0, 0.05) is 13.8 Å². The van der Waals surface area contributed by atoms with Crippen molar-refractivity contribution >= 4 is 62.2 Å². The fraction of sp³-hybridized carbons (Fsp3) is 0.333. The van der Waals surface area contributed by atoms with Crippen molar-refractivity contribution in [1.82, 2.24) is 5.32 Å². The molecule has 19 heavy (non-hydrogen) atoms. The third-order valence-corrected chi connectivity index (χ3v) is 5.51. The Bertz CT molecular complexity index is 532. The van der Waals surface area contributed by atoms with Gasteiger partial charge in [-0.1, -0.05) is 0 Å². The summed E-state index contributed by atoms with van der Waals surface area (Å²) in [6, 6.07) is 5.39. The van der Waals surface area contributed by atoms with E-state index in [0.29, 0.717) is 22.2 Å². The lowest BCUT2D eigenvalue weighted by atomic mass is 9.98. The minimum absolute atomic E-state index is 0.352. The average molecular weight is 456 g/mol. The molecule has 1 saturated heterocycles. The smallest absolute Gasteiger partial charge is 0.330 e. The SMILES string of the molecule is O=C(NC1(C(=O)O)CCSC1)c1cc(I)ccc1Br. The Kier molecular flexibility index (Phi) is 4.78. The van der Waals surface area contributed by atoms with Gasteiger partial charge in [0.1, 0.15) is 5.54 Å². The number of hydrogen-bond acceptors (Lipinski definition) is 3. The highest BCUT2D eigenvalue weighted by molar-refractivity contribution is 14.1. The van der Waals surface area contributed by atoms with Crippen LogP contribution in [0.1, 0.15) is 16.8 Å². The van der Waals surface area contributed by atoms with Gasteiger partial charge >= 0.3 is 5.97 Å². The molecule has 1 unspecified atom stereocenters. The molecule has 0 bridgehead atoms. The summed E-state index contributed by atoms with van der Waals surface area (Å²) in [4.78, 5) is 23.7. The first-order valence-electron chi connectivity index (χ1n) is 5.53. The Labute approximate surface area is 137 Å². The first-order chi connectivity index (χ1) is 8.94. The van der Waals surface area contributed by atoms with Gasteiger partial charge in [0.05, 0.1) is 5.56 Å². The first kappa shape index (κ1) is 15.1. The summed E-state index contributed by atoms with van der Waals surface area (Å²) >= 11 is 6.98. The van der Waals surface area contributed by atoms with Crippen molar-refractivity contribution in [3.8, 4) is 0 Å². The maximum absolute atomic E-state index is 12.3. The Morgan fingerprint density at radius 2 is 2.21 bits per heavy atom. The number of thioether (sulfide) groups is 1. The van der Waals surface area contributed by atoms with Crippen LogP contribution < -0.4 is 5.32 Å². The van der Waals surface area contributed by atoms with E-state index in [9.17, 15) is 14.7 Å². The number of amides is 1. The van der Waals surface area contributed by atoms with Gasteiger partial charge in [0.15, 0.2) is 0 Å². The molecule has 0 aliphatic carbocycles. The van der Waals surface area contributed by atoms with Crippen molar-refractivity contribution in [2.24, 2.45) is 0 Å². The predicted molar refractivity (Wildman–Crippen MR) is 86.6 cm³/mol. The van der Waals surface area contributed by atoms with Crippen LogP contribution in [0, 0.1) is 3.57 Å².